The van der Waals surface area contributed by atoms with Gasteiger partial charge in [0.15, 0.2) is 6.61 Å². The monoisotopic (exact) mass is 298 g/mol. The van der Waals surface area contributed by atoms with E-state index in [1.165, 1.54) is 10.9 Å². The van der Waals surface area contributed by atoms with Gasteiger partial charge >= 0.3 is 5.97 Å². The molecule has 0 unspecified atom stereocenters. The molecule has 0 saturated carbocycles. The molecule has 22 heavy (non-hydrogen) atoms. The average molecular weight is 298 g/mol. The van der Waals surface area contributed by atoms with Crippen LogP contribution < -0.4 is 5.32 Å². The maximum absolute atomic E-state index is 11.6. The molecule has 0 saturated heterocycles. The molecular weight excluding hydrogens is 280 g/mol. The van der Waals surface area contributed by atoms with E-state index < -0.39 is 0 Å². The number of H-pyrrole nitrogens is 1. The minimum absolute atomic E-state index is 0.136. The van der Waals surface area contributed by atoms with Crippen LogP contribution in [-0.2, 0) is 20.7 Å². The van der Waals surface area contributed by atoms with E-state index in [2.05, 4.69) is 22.3 Å². The summed E-state index contributed by atoms with van der Waals surface area (Å²) in [6, 6.07) is 8.03. The van der Waals surface area contributed by atoms with Crippen molar-refractivity contribution in [2.24, 2.45) is 0 Å². The molecule has 1 aromatic heterocycles. The number of ether oxygens (including phenoxy) is 1. The van der Waals surface area contributed by atoms with Crippen molar-refractivity contribution in [2.75, 3.05) is 13.2 Å². The summed E-state index contributed by atoms with van der Waals surface area (Å²) in [5, 5.41) is 3.60. The first-order valence-corrected chi connectivity index (χ1v) is 7.11. The number of amides is 1. The Balaban J connectivity index is 1.71. The van der Waals surface area contributed by atoms with Crippen molar-refractivity contribution in [2.45, 2.75) is 19.3 Å². The molecule has 0 fully saturated rings. The number of benzene rings is 1. The molecule has 0 aliphatic heterocycles. The highest BCUT2D eigenvalue weighted by atomic mass is 16.5. The van der Waals surface area contributed by atoms with Crippen molar-refractivity contribution in [1.29, 1.82) is 0 Å². The van der Waals surface area contributed by atoms with Gasteiger partial charge in [-0.1, -0.05) is 24.1 Å². The van der Waals surface area contributed by atoms with Gasteiger partial charge < -0.3 is 15.0 Å². The second-order valence-corrected chi connectivity index (χ2v) is 4.85. The molecular formula is C17H18N2O3. The van der Waals surface area contributed by atoms with E-state index in [0.29, 0.717) is 6.42 Å². The van der Waals surface area contributed by atoms with Crippen LogP contribution in [0.5, 0.6) is 0 Å². The summed E-state index contributed by atoms with van der Waals surface area (Å²) in [5.41, 5.74) is 2.26. The highest BCUT2D eigenvalue weighted by Crippen LogP contribution is 2.19. The molecule has 5 nitrogen and oxygen atoms in total. The summed E-state index contributed by atoms with van der Waals surface area (Å²) >= 11 is 0. The summed E-state index contributed by atoms with van der Waals surface area (Å²) < 4.78 is 4.88. The first-order chi connectivity index (χ1) is 10.7. The van der Waals surface area contributed by atoms with E-state index in [1.807, 2.05) is 24.4 Å². The highest BCUT2D eigenvalue weighted by molar-refractivity contribution is 5.83. The topological polar surface area (TPSA) is 71.2 Å². The van der Waals surface area contributed by atoms with Gasteiger partial charge in [-0.2, -0.15) is 0 Å². The second-order valence-electron chi connectivity index (χ2n) is 4.85. The third kappa shape index (κ3) is 4.38. The number of carbonyl (C=O) groups is 2. The van der Waals surface area contributed by atoms with Crippen molar-refractivity contribution in [3.63, 3.8) is 0 Å². The van der Waals surface area contributed by atoms with Crippen LogP contribution in [0.4, 0.5) is 0 Å². The Bertz CT molecular complexity index is 697. The Kier molecular flexibility index (Phi) is 5.61. The third-order valence-electron chi connectivity index (χ3n) is 3.25. The van der Waals surface area contributed by atoms with Gasteiger partial charge in [0.1, 0.15) is 0 Å². The second kappa shape index (κ2) is 7.89. The lowest BCUT2D eigenvalue weighted by Gasteiger charge is -2.04. The molecule has 2 rings (SSSR count). The molecule has 114 valence electrons. The number of hydrogen-bond donors (Lipinski definition) is 2. The normalized spacial score (nSPS) is 10.1. The number of hydrogen-bond acceptors (Lipinski definition) is 3. The Labute approximate surface area is 129 Å². The Hall–Kier alpha value is -2.74. The fourth-order valence-electron chi connectivity index (χ4n) is 2.18. The maximum atomic E-state index is 11.6. The van der Waals surface area contributed by atoms with Crippen LogP contribution in [0.3, 0.4) is 0 Å². The van der Waals surface area contributed by atoms with Crippen LogP contribution in [0, 0.1) is 12.3 Å². The number of para-hydroxylation sites is 1. The van der Waals surface area contributed by atoms with E-state index in [4.69, 9.17) is 11.2 Å². The van der Waals surface area contributed by atoms with Gasteiger partial charge in [-0.3, -0.25) is 9.59 Å². The number of aromatic nitrogens is 1. The molecule has 1 heterocycles. The van der Waals surface area contributed by atoms with Crippen molar-refractivity contribution >= 4 is 22.8 Å². The highest BCUT2D eigenvalue weighted by Gasteiger charge is 2.08. The molecule has 0 aliphatic rings. The standard InChI is InChI=1S/C17H18N2O3/c1-2-10-18-16(20)12-22-17(21)9-5-6-13-11-19-15-8-4-3-7-14(13)15/h1,3-4,7-8,11,19H,5-6,9-10,12H2,(H,18,20). The van der Waals surface area contributed by atoms with Crippen LogP contribution in [0.1, 0.15) is 18.4 Å². The van der Waals surface area contributed by atoms with E-state index in [-0.39, 0.29) is 31.4 Å². The van der Waals surface area contributed by atoms with Crippen LogP contribution in [0.2, 0.25) is 0 Å². The third-order valence-corrected chi connectivity index (χ3v) is 3.25. The fourth-order valence-corrected chi connectivity index (χ4v) is 2.18. The largest absolute Gasteiger partial charge is 0.456 e. The summed E-state index contributed by atoms with van der Waals surface area (Å²) in [7, 11) is 0. The molecule has 0 atom stereocenters. The Morgan fingerprint density at radius 2 is 2.14 bits per heavy atom. The van der Waals surface area contributed by atoms with Gasteiger partial charge in [0.25, 0.3) is 5.91 Å². The van der Waals surface area contributed by atoms with Gasteiger partial charge in [0.05, 0.1) is 6.54 Å². The fraction of sp³-hybridized carbons (Fsp3) is 0.294. The predicted molar refractivity (Wildman–Crippen MR) is 84.0 cm³/mol. The number of nitrogens with one attached hydrogen (secondary N) is 2. The zero-order valence-corrected chi connectivity index (χ0v) is 12.2. The minimum Gasteiger partial charge on any atom is -0.456 e. The van der Waals surface area contributed by atoms with E-state index in [0.717, 1.165) is 11.9 Å². The first kappa shape index (κ1) is 15.6. The molecule has 1 aromatic carbocycles. The maximum Gasteiger partial charge on any atom is 0.306 e. The lowest BCUT2D eigenvalue weighted by atomic mass is 10.1. The van der Waals surface area contributed by atoms with Gasteiger partial charge in [-0.05, 0) is 24.5 Å². The molecule has 2 N–H and O–H groups in total. The molecule has 0 bridgehead atoms. The van der Waals surface area contributed by atoms with Gasteiger partial charge in [-0.25, -0.2) is 0 Å². The summed E-state index contributed by atoms with van der Waals surface area (Å²) in [5.74, 6) is 1.51. The molecule has 0 aliphatic carbocycles. The van der Waals surface area contributed by atoms with Crippen LogP contribution in [0.15, 0.2) is 30.5 Å². The number of terminal acetylenes is 1. The number of fused-ring (bicyclic) bond motifs is 1. The summed E-state index contributed by atoms with van der Waals surface area (Å²) in [6.07, 6.45) is 8.70. The van der Waals surface area contributed by atoms with Crippen LogP contribution in [0.25, 0.3) is 10.9 Å². The quantitative estimate of drug-likeness (QED) is 0.604. The van der Waals surface area contributed by atoms with E-state index >= 15 is 0 Å². The number of carbonyl (C=O) groups excluding carboxylic acids is 2. The lowest BCUT2D eigenvalue weighted by molar-refractivity contribution is -0.148. The average Bonchev–Trinajstić information content (AvgIpc) is 2.94. The smallest absolute Gasteiger partial charge is 0.306 e. The van der Waals surface area contributed by atoms with Crippen molar-refractivity contribution in [3.8, 4) is 12.3 Å². The summed E-state index contributed by atoms with van der Waals surface area (Å²) in [6.45, 7) is -0.148. The molecule has 5 heteroatoms. The summed E-state index contributed by atoms with van der Waals surface area (Å²) in [4.78, 5) is 26.0. The Morgan fingerprint density at radius 3 is 2.95 bits per heavy atom. The van der Waals surface area contributed by atoms with Gasteiger partial charge in [0, 0.05) is 23.5 Å². The number of rotatable bonds is 7. The van der Waals surface area contributed by atoms with E-state index in [9.17, 15) is 9.59 Å². The Morgan fingerprint density at radius 1 is 1.32 bits per heavy atom. The zero-order valence-electron chi connectivity index (χ0n) is 12.2. The molecule has 1 amide bonds. The minimum atomic E-state index is -0.386. The number of aryl methyl sites for hydroxylation is 1. The van der Waals surface area contributed by atoms with Crippen molar-refractivity contribution in [1.82, 2.24) is 10.3 Å². The SMILES string of the molecule is C#CCNC(=O)COC(=O)CCCc1c[nH]c2ccccc12. The predicted octanol–water partition coefficient (Wildman–Crippen LogP) is 1.78. The lowest BCUT2D eigenvalue weighted by Crippen LogP contribution is -2.28. The zero-order chi connectivity index (χ0) is 15.8. The van der Waals surface area contributed by atoms with Crippen LogP contribution in [-0.4, -0.2) is 30.0 Å². The van der Waals surface area contributed by atoms with Crippen molar-refractivity contribution in [3.05, 3.63) is 36.0 Å². The van der Waals surface area contributed by atoms with Gasteiger partial charge in [-0.15, -0.1) is 6.42 Å². The first-order valence-electron chi connectivity index (χ1n) is 7.11. The number of aromatic amines is 1. The van der Waals surface area contributed by atoms with Crippen LogP contribution >= 0.6 is 0 Å². The molecule has 0 spiro atoms. The van der Waals surface area contributed by atoms with Crippen molar-refractivity contribution < 1.29 is 14.3 Å². The number of esters is 1. The van der Waals surface area contributed by atoms with Gasteiger partial charge in [0.2, 0.25) is 0 Å². The molecule has 0 radical (unpaired) electrons. The molecule has 2 aromatic rings. The van der Waals surface area contributed by atoms with E-state index in [1.54, 1.807) is 0 Å².